The summed E-state index contributed by atoms with van der Waals surface area (Å²) in [6, 6.07) is 2.80. The summed E-state index contributed by atoms with van der Waals surface area (Å²) >= 11 is 5.59. The molecule has 0 aromatic carbocycles. The molecule has 1 N–H and O–H groups in total. The molecule has 1 aliphatic rings. The highest BCUT2D eigenvalue weighted by Gasteiger charge is 2.27. The maximum atomic E-state index is 3.67. The number of aryl methyl sites for hydroxylation is 1. The van der Waals surface area contributed by atoms with E-state index in [1.807, 2.05) is 11.3 Å². The zero-order valence-corrected chi connectivity index (χ0v) is 11.7. The molecule has 1 atom stereocenters. The van der Waals surface area contributed by atoms with Gasteiger partial charge in [0.05, 0.1) is 0 Å². The number of thiophene rings is 1. The summed E-state index contributed by atoms with van der Waals surface area (Å²) in [7, 11) is 0. The van der Waals surface area contributed by atoms with Crippen molar-refractivity contribution in [3.63, 3.8) is 0 Å². The molecule has 1 fully saturated rings. The second-order valence-electron chi connectivity index (χ2n) is 4.36. The molecule has 0 spiro atoms. The fraction of sp³-hybridized carbons (Fsp3) is 0.667. The van der Waals surface area contributed by atoms with Gasteiger partial charge in [-0.25, -0.2) is 0 Å². The van der Waals surface area contributed by atoms with Gasteiger partial charge in [0.25, 0.3) is 0 Å². The van der Waals surface area contributed by atoms with Gasteiger partial charge in [-0.3, -0.25) is 0 Å². The Hall–Kier alpha value is 0.140. The maximum absolute atomic E-state index is 3.67. The minimum atomic E-state index is 0.565. The lowest BCUT2D eigenvalue weighted by atomic mass is 10.1. The highest BCUT2D eigenvalue weighted by molar-refractivity contribution is 9.10. The van der Waals surface area contributed by atoms with Crippen LogP contribution in [0.1, 0.15) is 42.0 Å². The van der Waals surface area contributed by atoms with E-state index in [0.29, 0.717) is 6.04 Å². The number of hydrogen-bond acceptors (Lipinski definition) is 2. The molecule has 2 rings (SSSR count). The monoisotopic (exact) mass is 287 g/mol. The topological polar surface area (TPSA) is 12.0 Å². The molecule has 3 heteroatoms. The van der Waals surface area contributed by atoms with Gasteiger partial charge in [0.2, 0.25) is 0 Å². The van der Waals surface area contributed by atoms with E-state index in [1.165, 1.54) is 33.5 Å². The van der Waals surface area contributed by atoms with Crippen molar-refractivity contribution in [3.05, 3.63) is 20.3 Å². The predicted octanol–water partition coefficient (Wildman–Crippen LogP) is 4.27. The van der Waals surface area contributed by atoms with Gasteiger partial charge >= 0.3 is 0 Å². The Labute approximate surface area is 104 Å². The van der Waals surface area contributed by atoms with Crippen LogP contribution in [0, 0.1) is 12.8 Å². The van der Waals surface area contributed by atoms with Crippen molar-refractivity contribution in [2.75, 3.05) is 6.54 Å². The van der Waals surface area contributed by atoms with Crippen molar-refractivity contribution in [1.29, 1.82) is 0 Å². The van der Waals surface area contributed by atoms with Gasteiger partial charge in [0.1, 0.15) is 0 Å². The average molecular weight is 288 g/mol. The highest BCUT2D eigenvalue weighted by Crippen LogP contribution is 2.41. The first kappa shape index (κ1) is 11.6. The van der Waals surface area contributed by atoms with Gasteiger partial charge in [-0.15, -0.1) is 11.3 Å². The summed E-state index contributed by atoms with van der Waals surface area (Å²) in [5.41, 5.74) is 0. The summed E-state index contributed by atoms with van der Waals surface area (Å²) in [6.07, 6.45) is 4.18. The Kier molecular flexibility index (Phi) is 3.86. The van der Waals surface area contributed by atoms with E-state index in [0.717, 1.165) is 12.5 Å². The predicted molar refractivity (Wildman–Crippen MR) is 70.5 cm³/mol. The molecule has 0 amide bonds. The van der Waals surface area contributed by atoms with E-state index in [1.54, 1.807) is 0 Å². The molecule has 1 aromatic rings. The Morgan fingerprint density at radius 2 is 2.33 bits per heavy atom. The minimum Gasteiger partial charge on any atom is -0.309 e. The van der Waals surface area contributed by atoms with Gasteiger partial charge in [-0.1, -0.05) is 19.8 Å². The highest BCUT2D eigenvalue weighted by atomic mass is 79.9. The Morgan fingerprint density at radius 3 is 2.80 bits per heavy atom. The summed E-state index contributed by atoms with van der Waals surface area (Å²) in [5, 5.41) is 3.60. The Morgan fingerprint density at radius 1 is 1.60 bits per heavy atom. The summed E-state index contributed by atoms with van der Waals surface area (Å²) in [4.78, 5) is 2.89. The van der Waals surface area contributed by atoms with Crippen LogP contribution in [0.3, 0.4) is 0 Å². The number of halogens is 1. The third-order valence-corrected chi connectivity index (χ3v) is 4.95. The van der Waals surface area contributed by atoms with E-state index < -0.39 is 0 Å². The van der Waals surface area contributed by atoms with Gasteiger partial charge in [0, 0.05) is 20.3 Å². The lowest BCUT2D eigenvalue weighted by Gasteiger charge is -2.16. The van der Waals surface area contributed by atoms with Crippen LogP contribution >= 0.6 is 27.3 Å². The van der Waals surface area contributed by atoms with E-state index in [9.17, 15) is 0 Å². The zero-order valence-electron chi connectivity index (χ0n) is 9.35. The van der Waals surface area contributed by atoms with Crippen molar-refractivity contribution in [2.24, 2.45) is 5.92 Å². The van der Waals surface area contributed by atoms with Crippen molar-refractivity contribution in [1.82, 2.24) is 5.32 Å². The van der Waals surface area contributed by atoms with Crippen LogP contribution in [0.25, 0.3) is 0 Å². The van der Waals surface area contributed by atoms with Gasteiger partial charge in [0.15, 0.2) is 0 Å². The third-order valence-electron chi connectivity index (χ3n) is 2.87. The van der Waals surface area contributed by atoms with E-state index in [2.05, 4.69) is 41.2 Å². The lowest BCUT2D eigenvalue weighted by molar-refractivity contribution is 0.492. The third kappa shape index (κ3) is 3.05. The van der Waals surface area contributed by atoms with Crippen LogP contribution < -0.4 is 5.32 Å². The Bertz CT molecular complexity index is 330. The van der Waals surface area contributed by atoms with E-state index in [-0.39, 0.29) is 0 Å². The maximum Gasteiger partial charge on any atom is 0.0428 e. The first-order valence-corrected chi connectivity index (χ1v) is 7.31. The van der Waals surface area contributed by atoms with Crippen LogP contribution in [-0.2, 0) is 0 Å². The number of nitrogens with one attached hydrogen (secondary N) is 1. The number of hydrogen-bond donors (Lipinski definition) is 1. The molecule has 15 heavy (non-hydrogen) atoms. The molecule has 1 nitrogen and oxygen atoms in total. The molecule has 84 valence electrons. The quantitative estimate of drug-likeness (QED) is 0.853. The van der Waals surface area contributed by atoms with Gasteiger partial charge in [-0.2, -0.15) is 0 Å². The van der Waals surface area contributed by atoms with Gasteiger partial charge in [-0.05, 0) is 47.8 Å². The molecule has 0 aliphatic heterocycles. The first-order valence-electron chi connectivity index (χ1n) is 5.70. The molecular weight excluding hydrogens is 270 g/mol. The molecular formula is C12H18BrNS. The standard InChI is InChI=1S/C12H18BrNS/c1-3-14-11(7-9-4-5-9)12-10(13)6-8(2)15-12/h6,9,11,14H,3-5,7H2,1-2H3. The molecule has 0 radical (unpaired) electrons. The number of rotatable bonds is 5. The fourth-order valence-electron chi connectivity index (χ4n) is 1.96. The van der Waals surface area contributed by atoms with Crippen LogP contribution in [-0.4, -0.2) is 6.54 Å². The van der Waals surface area contributed by atoms with Gasteiger partial charge < -0.3 is 5.32 Å². The molecule has 1 heterocycles. The van der Waals surface area contributed by atoms with Crippen LogP contribution in [0.5, 0.6) is 0 Å². The van der Waals surface area contributed by atoms with Crippen molar-refractivity contribution in [2.45, 2.75) is 39.2 Å². The zero-order chi connectivity index (χ0) is 10.8. The largest absolute Gasteiger partial charge is 0.309 e. The van der Waals surface area contributed by atoms with E-state index >= 15 is 0 Å². The summed E-state index contributed by atoms with van der Waals surface area (Å²) in [6.45, 7) is 5.42. The van der Waals surface area contributed by atoms with Crippen molar-refractivity contribution in [3.8, 4) is 0 Å². The second-order valence-corrected chi connectivity index (χ2v) is 6.50. The van der Waals surface area contributed by atoms with Crippen LogP contribution in [0.15, 0.2) is 10.5 Å². The molecule has 1 unspecified atom stereocenters. The summed E-state index contributed by atoms with van der Waals surface area (Å²) < 4.78 is 1.29. The summed E-state index contributed by atoms with van der Waals surface area (Å²) in [5.74, 6) is 0.975. The molecule has 1 saturated carbocycles. The molecule has 0 bridgehead atoms. The second kappa shape index (κ2) is 4.98. The molecule has 0 saturated heterocycles. The minimum absolute atomic E-state index is 0.565. The lowest BCUT2D eigenvalue weighted by Crippen LogP contribution is -2.20. The van der Waals surface area contributed by atoms with E-state index in [4.69, 9.17) is 0 Å². The Balaban J connectivity index is 2.10. The van der Waals surface area contributed by atoms with Crippen molar-refractivity contribution < 1.29 is 0 Å². The van der Waals surface area contributed by atoms with Crippen LogP contribution in [0.2, 0.25) is 0 Å². The molecule has 1 aliphatic carbocycles. The average Bonchev–Trinajstić information content (AvgIpc) is 2.91. The first-order chi connectivity index (χ1) is 7.20. The fourth-order valence-corrected chi connectivity index (χ4v) is 3.97. The SMILES string of the molecule is CCNC(CC1CC1)c1sc(C)cc1Br. The molecule has 1 aromatic heterocycles. The van der Waals surface area contributed by atoms with Crippen molar-refractivity contribution >= 4 is 27.3 Å². The normalized spacial score (nSPS) is 18.1. The van der Waals surface area contributed by atoms with Crippen LogP contribution in [0.4, 0.5) is 0 Å². The smallest absolute Gasteiger partial charge is 0.0428 e.